The van der Waals surface area contributed by atoms with Crippen LogP contribution >= 0.6 is 0 Å². The minimum absolute atomic E-state index is 0.0134. The molecule has 0 aliphatic carbocycles. The van der Waals surface area contributed by atoms with E-state index in [1.54, 1.807) is 6.20 Å². The molecule has 2 heteroatoms. The normalized spacial score (nSPS) is 10.3. The molecule has 2 nitrogen and oxygen atoms in total. The van der Waals surface area contributed by atoms with E-state index in [0.717, 1.165) is 16.7 Å². The topological polar surface area (TPSA) is 30.0 Å². The molecule has 0 radical (unpaired) electrons. The zero-order valence-electron chi connectivity index (χ0n) is 10.3. The van der Waals surface area contributed by atoms with Crippen LogP contribution in [0.5, 0.6) is 0 Å². The van der Waals surface area contributed by atoms with Crippen molar-refractivity contribution in [3.8, 4) is 0 Å². The zero-order valence-corrected chi connectivity index (χ0v) is 10.3. The van der Waals surface area contributed by atoms with Crippen LogP contribution in [0.15, 0.2) is 36.5 Å². The number of pyridine rings is 1. The summed E-state index contributed by atoms with van der Waals surface area (Å²) in [7, 11) is 0. The van der Waals surface area contributed by atoms with Gasteiger partial charge in [-0.1, -0.05) is 17.2 Å². The third-order valence-electron chi connectivity index (χ3n) is 2.63. The molecule has 0 aliphatic heterocycles. The molecule has 0 amide bonds. The summed E-state index contributed by atoms with van der Waals surface area (Å²) in [6.45, 7) is 5.95. The fourth-order valence-electron chi connectivity index (χ4n) is 1.91. The molecule has 1 heterocycles. The van der Waals surface area contributed by atoms with E-state index in [1.165, 1.54) is 0 Å². The quantitative estimate of drug-likeness (QED) is 0.734. The molecule has 0 fully saturated rings. The SMILES string of the molecule is Cc1cc(C)cc(C(=O)c2cc(C)ccn2)c1. The van der Waals surface area contributed by atoms with Crippen LogP contribution in [0.4, 0.5) is 0 Å². The fourth-order valence-corrected chi connectivity index (χ4v) is 1.91. The maximum atomic E-state index is 12.2. The summed E-state index contributed by atoms with van der Waals surface area (Å²) in [5.41, 5.74) is 4.46. The van der Waals surface area contributed by atoms with Crippen LogP contribution < -0.4 is 0 Å². The standard InChI is InChI=1S/C15H15NO/c1-10-4-5-16-14(9-10)15(17)13-7-11(2)6-12(3)8-13/h4-9H,1-3H3. The van der Waals surface area contributed by atoms with Crippen LogP contribution in [0.2, 0.25) is 0 Å². The van der Waals surface area contributed by atoms with Gasteiger partial charge >= 0.3 is 0 Å². The lowest BCUT2D eigenvalue weighted by molar-refractivity contribution is 0.103. The summed E-state index contributed by atoms with van der Waals surface area (Å²) in [4.78, 5) is 16.4. The Balaban J connectivity index is 2.43. The average molecular weight is 225 g/mol. The Bertz CT molecular complexity index is 553. The molecule has 0 aliphatic rings. The number of hydrogen-bond donors (Lipinski definition) is 0. The lowest BCUT2D eigenvalue weighted by Gasteiger charge is -2.04. The molecule has 17 heavy (non-hydrogen) atoms. The van der Waals surface area contributed by atoms with Crippen LogP contribution in [0, 0.1) is 20.8 Å². The summed E-state index contributed by atoms with van der Waals surface area (Å²) in [5.74, 6) is -0.0134. The van der Waals surface area contributed by atoms with Gasteiger partial charge in [0.25, 0.3) is 0 Å². The van der Waals surface area contributed by atoms with Crippen LogP contribution in [0.3, 0.4) is 0 Å². The lowest BCUT2D eigenvalue weighted by atomic mass is 10.0. The van der Waals surface area contributed by atoms with Crippen molar-refractivity contribution in [2.45, 2.75) is 20.8 Å². The Labute approximate surface area is 101 Å². The Morgan fingerprint density at radius 3 is 2.18 bits per heavy atom. The second-order valence-corrected chi connectivity index (χ2v) is 4.42. The molecule has 86 valence electrons. The third-order valence-corrected chi connectivity index (χ3v) is 2.63. The highest BCUT2D eigenvalue weighted by Crippen LogP contribution is 2.13. The van der Waals surface area contributed by atoms with Crippen molar-refractivity contribution in [2.24, 2.45) is 0 Å². The fraction of sp³-hybridized carbons (Fsp3) is 0.200. The van der Waals surface area contributed by atoms with Gasteiger partial charge in [0.05, 0.1) is 0 Å². The molecule has 0 spiro atoms. The van der Waals surface area contributed by atoms with Gasteiger partial charge in [-0.3, -0.25) is 9.78 Å². The molecule has 1 aromatic carbocycles. The summed E-state index contributed by atoms with van der Waals surface area (Å²) in [6.07, 6.45) is 1.67. The molecule has 0 unspecified atom stereocenters. The van der Waals surface area contributed by atoms with Crippen molar-refractivity contribution in [1.29, 1.82) is 0 Å². The summed E-state index contributed by atoms with van der Waals surface area (Å²) < 4.78 is 0. The molecular formula is C15H15NO. The van der Waals surface area contributed by atoms with Crippen LogP contribution in [-0.2, 0) is 0 Å². The predicted octanol–water partition coefficient (Wildman–Crippen LogP) is 3.24. The van der Waals surface area contributed by atoms with Gasteiger partial charge in [0.15, 0.2) is 0 Å². The van der Waals surface area contributed by atoms with Crippen molar-refractivity contribution in [3.05, 3.63) is 64.5 Å². The minimum atomic E-state index is -0.0134. The first-order valence-electron chi connectivity index (χ1n) is 5.62. The second kappa shape index (κ2) is 4.50. The van der Waals surface area contributed by atoms with E-state index < -0.39 is 0 Å². The van der Waals surface area contributed by atoms with Crippen molar-refractivity contribution < 1.29 is 4.79 Å². The minimum Gasteiger partial charge on any atom is -0.287 e. The van der Waals surface area contributed by atoms with E-state index in [9.17, 15) is 4.79 Å². The molecule has 2 aromatic rings. The number of benzene rings is 1. The van der Waals surface area contributed by atoms with E-state index in [0.29, 0.717) is 11.3 Å². The van der Waals surface area contributed by atoms with E-state index >= 15 is 0 Å². The van der Waals surface area contributed by atoms with Crippen molar-refractivity contribution in [2.75, 3.05) is 0 Å². The highest BCUT2D eigenvalue weighted by molar-refractivity contribution is 6.07. The first-order chi connectivity index (χ1) is 8.06. The van der Waals surface area contributed by atoms with Crippen molar-refractivity contribution in [3.63, 3.8) is 0 Å². The summed E-state index contributed by atoms with van der Waals surface area (Å²) >= 11 is 0. The third kappa shape index (κ3) is 2.59. The summed E-state index contributed by atoms with van der Waals surface area (Å²) in [5, 5.41) is 0. The average Bonchev–Trinajstić information content (AvgIpc) is 2.26. The van der Waals surface area contributed by atoms with Gasteiger partial charge in [-0.25, -0.2) is 0 Å². The second-order valence-electron chi connectivity index (χ2n) is 4.42. The molecular weight excluding hydrogens is 210 g/mol. The van der Waals surface area contributed by atoms with E-state index in [2.05, 4.69) is 11.1 Å². The van der Waals surface area contributed by atoms with E-state index in [1.807, 2.05) is 45.0 Å². The Morgan fingerprint density at radius 2 is 1.59 bits per heavy atom. The number of aromatic nitrogens is 1. The lowest BCUT2D eigenvalue weighted by Crippen LogP contribution is -2.04. The molecule has 0 bridgehead atoms. The Hall–Kier alpha value is -1.96. The molecule has 0 atom stereocenters. The van der Waals surface area contributed by atoms with E-state index in [-0.39, 0.29) is 5.78 Å². The van der Waals surface area contributed by atoms with Gasteiger partial charge in [-0.05, 0) is 50.6 Å². The molecule has 0 N–H and O–H groups in total. The maximum Gasteiger partial charge on any atom is 0.211 e. The first kappa shape index (κ1) is 11.5. The zero-order chi connectivity index (χ0) is 12.4. The highest BCUT2D eigenvalue weighted by atomic mass is 16.1. The number of carbonyl (C=O) groups is 1. The first-order valence-corrected chi connectivity index (χ1v) is 5.62. The van der Waals surface area contributed by atoms with Gasteiger partial charge in [0.2, 0.25) is 5.78 Å². The predicted molar refractivity (Wildman–Crippen MR) is 68.3 cm³/mol. The van der Waals surface area contributed by atoms with Gasteiger partial charge in [0, 0.05) is 11.8 Å². The van der Waals surface area contributed by atoms with E-state index in [4.69, 9.17) is 0 Å². The van der Waals surface area contributed by atoms with Crippen molar-refractivity contribution in [1.82, 2.24) is 4.98 Å². The molecule has 1 aromatic heterocycles. The molecule has 0 saturated carbocycles. The number of aryl methyl sites for hydroxylation is 3. The number of ketones is 1. The maximum absolute atomic E-state index is 12.2. The monoisotopic (exact) mass is 225 g/mol. The number of hydrogen-bond acceptors (Lipinski definition) is 2. The van der Waals surface area contributed by atoms with Crippen molar-refractivity contribution >= 4 is 5.78 Å². The number of carbonyl (C=O) groups excluding carboxylic acids is 1. The molecule has 0 saturated heterocycles. The summed E-state index contributed by atoms with van der Waals surface area (Å²) in [6, 6.07) is 9.57. The Morgan fingerprint density at radius 1 is 0.941 bits per heavy atom. The number of rotatable bonds is 2. The molecule has 2 rings (SSSR count). The van der Waals surface area contributed by atoms with Crippen LogP contribution in [0.1, 0.15) is 32.7 Å². The van der Waals surface area contributed by atoms with Crippen LogP contribution in [0.25, 0.3) is 0 Å². The largest absolute Gasteiger partial charge is 0.287 e. The van der Waals surface area contributed by atoms with Gasteiger partial charge in [0.1, 0.15) is 5.69 Å². The smallest absolute Gasteiger partial charge is 0.211 e. The van der Waals surface area contributed by atoms with Gasteiger partial charge in [-0.15, -0.1) is 0 Å². The van der Waals surface area contributed by atoms with Gasteiger partial charge in [-0.2, -0.15) is 0 Å². The Kier molecular flexibility index (Phi) is 3.05. The van der Waals surface area contributed by atoms with Crippen LogP contribution in [-0.4, -0.2) is 10.8 Å². The number of nitrogens with zero attached hydrogens (tertiary/aromatic N) is 1. The highest BCUT2D eigenvalue weighted by Gasteiger charge is 2.11. The van der Waals surface area contributed by atoms with Gasteiger partial charge < -0.3 is 0 Å².